The Kier molecular flexibility index (Phi) is 6.67. The van der Waals surface area contributed by atoms with Gasteiger partial charge in [-0.3, -0.25) is 4.79 Å². The third-order valence-electron chi connectivity index (χ3n) is 5.93. The van der Waals surface area contributed by atoms with Crippen LogP contribution in [0.25, 0.3) is 27.7 Å². The lowest BCUT2D eigenvalue weighted by Crippen LogP contribution is -2.43. The van der Waals surface area contributed by atoms with Crippen molar-refractivity contribution in [2.75, 3.05) is 62.9 Å². The third-order valence-corrected chi connectivity index (χ3v) is 8.63. The van der Waals surface area contributed by atoms with Gasteiger partial charge in [0.1, 0.15) is 0 Å². The summed E-state index contributed by atoms with van der Waals surface area (Å²) in [6.45, 7) is 3.16. The molecule has 0 saturated carbocycles. The van der Waals surface area contributed by atoms with Crippen LogP contribution in [0, 0.1) is 0 Å². The summed E-state index contributed by atoms with van der Waals surface area (Å²) in [5, 5.41) is 0. The Hall–Kier alpha value is -3.09. The number of ether oxygens (including phenoxy) is 2. The van der Waals surface area contributed by atoms with Crippen molar-refractivity contribution in [3.8, 4) is 17.3 Å². The van der Waals surface area contributed by atoms with Crippen LogP contribution in [0.4, 0.5) is 5.82 Å². The van der Waals surface area contributed by atoms with E-state index in [9.17, 15) is 13.2 Å². The van der Waals surface area contributed by atoms with E-state index in [0.29, 0.717) is 24.9 Å². The Bertz CT molecular complexity index is 1350. The highest BCUT2D eigenvalue weighted by atomic mass is 32.2. The number of hydrogen-bond acceptors (Lipinski definition) is 10. The molecule has 0 aliphatic carbocycles. The van der Waals surface area contributed by atoms with E-state index in [0.717, 1.165) is 39.6 Å². The average molecular weight is 516 g/mol. The van der Waals surface area contributed by atoms with Crippen LogP contribution in [-0.2, 0) is 19.4 Å². The molecule has 5 heterocycles. The lowest BCUT2D eigenvalue weighted by molar-refractivity contribution is -0.125. The van der Waals surface area contributed by atoms with Crippen molar-refractivity contribution in [3.05, 3.63) is 35.3 Å². The van der Waals surface area contributed by atoms with E-state index in [2.05, 4.69) is 9.88 Å². The van der Waals surface area contributed by atoms with E-state index in [4.69, 9.17) is 19.4 Å². The number of carbonyl (C=O) groups excluding carboxylic acids is 1. The number of fused-ring (bicyclic) bond motifs is 1. The number of hydrogen-bond donors (Lipinski definition) is 0. The van der Waals surface area contributed by atoms with Crippen LogP contribution >= 0.6 is 11.3 Å². The summed E-state index contributed by atoms with van der Waals surface area (Å²) in [6.07, 6.45) is 4.95. The van der Waals surface area contributed by atoms with Crippen LogP contribution in [0.2, 0.25) is 0 Å². The summed E-state index contributed by atoms with van der Waals surface area (Å²) in [5.41, 5.74) is 1.56. The second-order valence-corrected chi connectivity index (χ2v) is 11.6. The molecule has 5 rings (SSSR count). The summed E-state index contributed by atoms with van der Waals surface area (Å²) < 4.78 is 34.9. The van der Waals surface area contributed by atoms with Gasteiger partial charge in [-0.1, -0.05) is 0 Å². The average Bonchev–Trinajstić information content (AvgIpc) is 3.30. The van der Waals surface area contributed by atoms with Gasteiger partial charge in [-0.2, -0.15) is 0 Å². The minimum atomic E-state index is -3.04. The van der Waals surface area contributed by atoms with Crippen molar-refractivity contribution >= 4 is 49.2 Å². The number of carbonyl (C=O) groups is 1. The minimum absolute atomic E-state index is 0.0109. The number of amides is 1. The molecule has 3 aromatic heterocycles. The van der Waals surface area contributed by atoms with E-state index in [1.54, 1.807) is 30.3 Å². The number of pyridine rings is 1. The first kappa shape index (κ1) is 23.6. The Morgan fingerprint density at radius 1 is 1.14 bits per heavy atom. The van der Waals surface area contributed by atoms with E-state index in [-0.39, 0.29) is 30.5 Å². The van der Waals surface area contributed by atoms with E-state index in [1.165, 1.54) is 17.4 Å². The zero-order valence-electron chi connectivity index (χ0n) is 19.2. The maximum atomic E-state index is 12.6. The van der Waals surface area contributed by atoms with Crippen molar-refractivity contribution in [2.24, 2.45) is 0 Å². The van der Waals surface area contributed by atoms with Gasteiger partial charge in [-0.05, 0) is 18.2 Å². The molecule has 0 aromatic carbocycles. The number of nitrogens with zero attached hydrogens (tertiary/aromatic N) is 5. The molecule has 12 heteroatoms. The normalized spacial score (nSPS) is 18.3. The predicted octanol–water partition coefficient (Wildman–Crippen LogP) is 1.87. The van der Waals surface area contributed by atoms with Gasteiger partial charge in [-0.25, -0.2) is 23.4 Å². The zero-order chi connectivity index (χ0) is 24.4. The molecule has 0 bridgehead atoms. The van der Waals surface area contributed by atoms with Gasteiger partial charge >= 0.3 is 0 Å². The maximum Gasteiger partial charge on any atom is 0.246 e. The highest BCUT2D eigenvalue weighted by Crippen LogP contribution is 2.35. The Morgan fingerprint density at radius 3 is 2.60 bits per heavy atom. The molecule has 2 aliphatic rings. The van der Waals surface area contributed by atoms with Gasteiger partial charge in [0.2, 0.25) is 11.8 Å². The fourth-order valence-corrected chi connectivity index (χ4v) is 6.18. The number of morpholine rings is 1. The summed E-state index contributed by atoms with van der Waals surface area (Å²) in [6, 6.07) is 5.59. The number of aromatic nitrogens is 3. The van der Waals surface area contributed by atoms with Crippen LogP contribution in [0.5, 0.6) is 5.88 Å². The van der Waals surface area contributed by atoms with Crippen LogP contribution in [-0.4, -0.2) is 92.2 Å². The van der Waals surface area contributed by atoms with Crippen LogP contribution in [0.3, 0.4) is 0 Å². The molecule has 0 unspecified atom stereocenters. The molecule has 2 aliphatic heterocycles. The second kappa shape index (κ2) is 9.88. The van der Waals surface area contributed by atoms with E-state index < -0.39 is 9.84 Å². The quantitative estimate of drug-likeness (QED) is 0.470. The van der Waals surface area contributed by atoms with Gasteiger partial charge in [0, 0.05) is 55.0 Å². The molecule has 2 fully saturated rings. The van der Waals surface area contributed by atoms with Crippen LogP contribution in [0.15, 0.2) is 30.5 Å². The Balaban J connectivity index is 1.46. The van der Waals surface area contributed by atoms with Crippen molar-refractivity contribution < 1.29 is 22.7 Å². The Morgan fingerprint density at radius 2 is 1.91 bits per heavy atom. The zero-order valence-corrected chi connectivity index (χ0v) is 20.8. The Labute approximate surface area is 207 Å². The molecule has 0 N–H and O–H groups in total. The molecule has 184 valence electrons. The summed E-state index contributed by atoms with van der Waals surface area (Å²) >= 11 is 1.52. The highest BCUT2D eigenvalue weighted by Gasteiger charge is 2.24. The van der Waals surface area contributed by atoms with Gasteiger partial charge < -0.3 is 19.3 Å². The molecule has 3 aromatic rings. The fraction of sp³-hybridized carbons (Fsp3) is 0.391. The first-order chi connectivity index (χ1) is 16.9. The number of anilines is 1. The second-order valence-electron chi connectivity index (χ2n) is 8.23. The minimum Gasteiger partial charge on any atom is -0.481 e. The monoisotopic (exact) mass is 515 g/mol. The molecule has 0 radical (unpaired) electrons. The fourth-order valence-electron chi connectivity index (χ4n) is 3.96. The molecule has 10 nitrogen and oxygen atoms in total. The lowest BCUT2D eigenvalue weighted by Gasteiger charge is -2.28. The first-order valence-corrected chi connectivity index (χ1v) is 13.9. The lowest BCUT2D eigenvalue weighted by atomic mass is 10.2. The highest BCUT2D eigenvalue weighted by molar-refractivity contribution is 7.91. The molecule has 0 atom stereocenters. The van der Waals surface area contributed by atoms with Crippen molar-refractivity contribution in [1.82, 2.24) is 19.9 Å². The van der Waals surface area contributed by atoms with Crippen molar-refractivity contribution in [2.45, 2.75) is 0 Å². The van der Waals surface area contributed by atoms with Crippen molar-refractivity contribution in [3.63, 3.8) is 0 Å². The molecular weight excluding hydrogens is 490 g/mol. The van der Waals surface area contributed by atoms with Gasteiger partial charge in [0.05, 0.1) is 42.0 Å². The van der Waals surface area contributed by atoms with Gasteiger partial charge in [0.25, 0.3) is 0 Å². The predicted molar refractivity (Wildman–Crippen MR) is 134 cm³/mol. The SMILES string of the molecule is COc1ccc(-c2nc(N3CCOCC3)c3sc(/C=C/C(=O)N4CCS(=O)(=O)CC4)cc3n2)cn1. The van der Waals surface area contributed by atoms with Crippen LogP contribution in [0.1, 0.15) is 4.88 Å². The summed E-state index contributed by atoms with van der Waals surface area (Å²) in [5.74, 6) is 1.74. The largest absolute Gasteiger partial charge is 0.481 e. The van der Waals surface area contributed by atoms with E-state index >= 15 is 0 Å². The number of thiophene rings is 1. The molecule has 35 heavy (non-hydrogen) atoms. The number of methoxy groups -OCH3 is 1. The summed E-state index contributed by atoms with van der Waals surface area (Å²) in [4.78, 5) is 31.1. The van der Waals surface area contributed by atoms with Crippen molar-refractivity contribution in [1.29, 1.82) is 0 Å². The standard InChI is InChI=1S/C23H25N5O5S2/c1-32-19-4-2-16(15-24-19)22-25-18-14-17(3-5-20(29)27-8-12-35(30,31)13-9-27)34-21(18)23(26-22)28-6-10-33-11-7-28/h2-5,14-15H,6-13H2,1H3/b5-3+. The van der Waals surface area contributed by atoms with Crippen LogP contribution < -0.4 is 9.64 Å². The first-order valence-electron chi connectivity index (χ1n) is 11.2. The smallest absolute Gasteiger partial charge is 0.246 e. The molecule has 2 saturated heterocycles. The molecule has 1 amide bonds. The summed E-state index contributed by atoms with van der Waals surface area (Å²) in [7, 11) is -1.47. The molecule has 0 spiro atoms. The number of sulfone groups is 1. The third kappa shape index (κ3) is 5.29. The molecular formula is C23H25N5O5S2. The van der Waals surface area contributed by atoms with Gasteiger partial charge in [0.15, 0.2) is 21.5 Å². The van der Waals surface area contributed by atoms with E-state index in [1.807, 2.05) is 12.1 Å². The number of rotatable bonds is 5. The van der Waals surface area contributed by atoms with Gasteiger partial charge in [-0.15, -0.1) is 11.3 Å². The maximum absolute atomic E-state index is 12.6. The topological polar surface area (TPSA) is 115 Å².